The molecule has 7 aliphatic carbocycles. The first-order valence-corrected chi connectivity index (χ1v) is 21.6. The maximum Gasteiger partial charge on any atom is 0.339 e. The molecule has 0 heterocycles. The van der Waals surface area contributed by atoms with Crippen LogP contribution in [0, 0.1) is 40.5 Å². The molecule has 0 radical (unpaired) electrons. The molecule has 6 nitrogen and oxygen atoms in total. The molecule has 0 N–H and O–H groups in total. The molecule has 7 saturated carbocycles. The predicted molar refractivity (Wildman–Crippen MR) is 189 cm³/mol. The molecule has 4 bridgehead atoms. The van der Waals surface area contributed by atoms with Gasteiger partial charge in [-0.25, -0.2) is 22.0 Å². The molecule has 0 saturated heterocycles. The fraction of sp³-hybridized carbons (Fsp3) is 0.690. The molecule has 2 unspecified atom stereocenters. The zero-order valence-electron chi connectivity index (χ0n) is 30.5. The van der Waals surface area contributed by atoms with Gasteiger partial charge in [0, 0.05) is 5.41 Å². The van der Waals surface area contributed by atoms with E-state index >= 15 is 0 Å². The third-order valence-electron chi connectivity index (χ3n) is 14.0. The Morgan fingerprint density at radius 2 is 1.17 bits per heavy atom. The van der Waals surface area contributed by atoms with Gasteiger partial charge in [0.25, 0.3) is 0 Å². The Morgan fingerprint density at radius 1 is 0.698 bits per heavy atom. The van der Waals surface area contributed by atoms with Crippen LogP contribution in [0.5, 0.6) is 5.75 Å². The predicted octanol–water partition coefficient (Wildman–Crippen LogP) is 10.9. The Bertz CT molecular complexity index is 1760. The number of hydrogen-bond donors (Lipinski definition) is 0. The molecular formula is C42H51F4O6S-. The monoisotopic (exact) mass is 759 g/mol. The Labute approximate surface area is 310 Å². The second-order valence-corrected chi connectivity index (χ2v) is 19.1. The van der Waals surface area contributed by atoms with Crippen LogP contribution in [0.25, 0.3) is 0 Å². The zero-order chi connectivity index (χ0) is 37.1. The molecule has 7 fully saturated rings. The van der Waals surface area contributed by atoms with E-state index in [4.69, 9.17) is 9.47 Å². The molecule has 0 spiro atoms. The van der Waals surface area contributed by atoms with Gasteiger partial charge in [0.15, 0.2) is 17.4 Å². The minimum absolute atomic E-state index is 0.174. The van der Waals surface area contributed by atoms with E-state index in [-0.39, 0.29) is 24.4 Å². The molecule has 2 aromatic carbocycles. The summed E-state index contributed by atoms with van der Waals surface area (Å²) in [7, 11) is -5.83. The van der Waals surface area contributed by atoms with Crippen molar-refractivity contribution in [3.8, 4) is 5.75 Å². The molecule has 7 aliphatic rings. The lowest BCUT2D eigenvalue weighted by Gasteiger charge is -2.61. The Morgan fingerprint density at radius 3 is 1.64 bits per heavy atom. The molecule has 2 atom stereocenters. The van der Waals surface area contributed by atoms with Crippen molar-refractivity contribution in [3.05, 3.63) is 57.7 Å². The van der Waals surface area contributed by atoms with Gasteiger partial charge in [-0.1, -0.05) is 69.9 Å². The van der Waals surface area contributed by atoms with Crippen LogP contribution in [0.15, 0.2) is 17.0 Å². The van der Waals surface area contributed by atoms with E-state index in [1.165, 1.54) is 61.6 Å². The van der Waals surface area contributed by atoms with E-state index < -0.39 is 55.0 Å². The van der Waals surface area contributed by atoms with E-state index in [1.807, 2.05) is 0 Å². The summed E-state index contributed by atoms with van der Waals surface area (Å²) in [5, 5.41) is 0. The summed E-state index contributed by atoms with van der Waals surface area (Å²) in [6.07, 6.45) is 21.3. The van der Waals surface area contributed by atoms with Gasteiger partial charge >= 0.3 is 5.97 Å². The van der Waals surface area contributed by atoms with E-state index in [0.29, 0.717) is 49.9 Å². The second kappa shape index (κ2) is 14.4. The van der Waals surface area contributed by atoms with Crippen molar-refractivity contribution < 1.29 is 44.8 Å². The number of benzene rings is 2. The highest BCUT2D eigenvalue weighted by Crippen LogP contribution is 2.63. The van der Waals surface area contributed by atoms with Crippen molar-refractivity contribution in [2.45, 2.75) is 163 Å². The van der Waals surface area contributed by atoms with Gasteiger partial charge in [-0.05, 0) is 123 Å². The summed E-state index contributed by atoms with van der Waals surface area (Å²) in [5.41, 5.74) is 3.01. The number of ether oxygens (including phenoxy) is 2. The Kier molecular flexibility index (Phi) is 10.2. The van der Waals surface area contributed by atoms with Crippen molar-refractivity contribution in [1.29, 1.82) is 0 Å². The molecule has 0 aliphatic heterocycles. The van der Waals surface area contributed by atoms with Crippen molar-refractivity contribution >= 4 is 16.1 Å². The molecule has 0 aromatic heterocycles. The number of carbonyl (C=O) groups is 1. The minimum atomic E-state index is -5.83. The first-order chi connectivity index (χ1) is 25.4. The van der Waals surface area contributed by atoms with Crippen LogP contribution < -0.4 is 4.74 Å². The lowest BCUT2D eigenvalue weighted by atomic mass is 9.48. The van der Waals surface area contributed by atoms with Gasteiger partial charge < -0.3 is 14.0 Å². The molecule has 53 heavy (non-hydrogen) atoms. The molecule has 11 heteroatoms. The maximum atomic E-state index is 15.0. The zero-order valence-corrected chi connectivity index (χ0v) is 31.3. The van der Waals surface area contributed by atoms with Crippen LogP contribution in [-0.4, -0.2) is 31.1 Å². The number of halogens is 4. The topological polar surface area (TPSA) is 92.7 Å². The quantitative estimate of drug-likeness (QED) is 0.109. The van der Waals surface area contributed by atoms with Crippen molar-refractivity contribution in [2.75, 3.05) is 6.61 Å². The highest BCUT2D eigenvalue weighted by Gasteiger charge is 2.60. The van der Waals surface area contributed by atoms with Gasteiger partial charge in [-0.15, -0.1) is 0 Å². The summed E-state index contributed by atoms with van der Waals surface area (Å²) in [6, 6.07) is 4.74. The van der Waals surface area contributed by atoms with Gasteiger partial charge in [0.05, 0.1) is 12.2 Å². The van der Waals surface area contributed by atoms with Crippen LogP contribution in [0.1, 0.15) is 180 Å². The van der Waals surface area contributed by atoms with E-state index in [0.717, 1.165) is 63.4 Å². The van der Waals surface area contributed by atoms with Crippen molar-refractivity contribution in [1.82, 2.24) is 0 Å². The number of esters is 1. The van der Waals surface area contributed by atoms with Crippen LogP contribution in [0.4, 0.5) is 17.6 Å². The molecule has 290 valence electrons. The standard InChI is InChI=1S/C42H52F4O6S/c43-34-36(45)39(53(48,49)50)37(46)35(44)38(34)51-24-41-19-25-16-26(20-41)22-42(21-25,23-41)52-40(47)33-31(28-12-6-2-7-13-28)17-30(27-10-4-1-5-11-27)18-32(33)29-14-8-3-9-15-29/h17-18,25-29H,1-16,19-24H2,(H,48,49,50)/p-1. The van der Waals surface area contributed by atoms with Crippen LogP contribution >= 0.6 is 0 Å². The largest absolute Gasteiger partial charge is 0.744 e. The Balaban J connectivity index is 1.12. The first kappa shape index (κ1) is 37.3. The van der Waals surface area contributed by atoms with E-state index in [1.54, 1.807) is 0 Å². The van der Waals surface area contributed by atoms with Crippen LogP contribution in [0.3, 0.4) is 0 Å². The van der Waals surface area contributed by atoms with E-state index in [2.05, 4.69) is 12.1 Å². The summed E-state index contributed by atoms with van der Waals surface area (Å²) in [5.74, 6) is -8.91. The molecule has 9 rings (SSSR count). The lowest BCUT2D eigenvalue weighted by Crippen LogP contribution is -2.59. The Hall–Kier alpha value is -2.66. The molecule has 2 aromatic rings. The molecular weight excluding hydrogens is 709 g/mol. The van der Waals surface area contributed by atoms with Crippen molar-refractivity contribution in [3.63, 3.8) is 0 Å². The highest BCUT2D eigenvalue weighted by molar-refractivity contribution is 7.85. The first-order valence-electron chi connectivity index (χ1n) is 20.2. The van der Waals surface area contributed by atoms with Gasteiger partial charge in [-0.2, -0.15) is 8.78 Å². The van der Waals surface area contributed by atoms with Gasteiger partial charge in [-0.3, -0.25) is 0 Å². The fourth-order valence-electron chi connectivity index (χ4n) is 12.2. The van der Waals surface area contributed by atoms with Crippen LogP contribution in [0.2, 0.25) is 0 Å². The van der Waals surface area contributed by atoms with Gasteiger partial charge in [0.1, 0.15) is 20.6 Å². The molecule has 0 amide bonds. The highest BCUT2D eigenvalue weighted by atomic mass is 32.2. The fourth-order valence-corrected chi connectivity index (χ4v) is 12.8. The summed E-state index contributed by atoms with van der Waals surface area (Å²) in [4.78, 5) is 12.8. The summed E-state index contributed by atoms with van der Waals surface area (Å²) < 4.78 is 106. The van der Waals surface area contributed by atoms with Crippen LogP contribution in [-0.2, 0) is 14.9 Å². The smallest absolute Gasteiger partial charge is 0.339 e. The maximum absolute atomic E-state index is 15.0. The SMILES string of the molecule is O=C(OC12CC3CC(CC(COc4c(F)c(F)c(S(=O)(=O)[O-])c(F)c4F)(C3)C1)C2)c1c(C2CCCCC2)cc(C2CCCCC2)cc1C1CCCCC1. The van der Waals surface area contributed by atoms with Crippen molar-refractivity contribution in [2.24, 2.45) is 17.3 Å². The average molecular weight is 760 g/mol. The summed E-state index contributed by atoms with van der Waals surface area (Å²) >= 11 is 0. The summed E-state index contributed by atoms with van der Waals surface area (Å²) in [6.45, 7) is -0.299. The normalized spacial score (nSPS) is 29.8. The average Bonchev–Trinajstić information content (AvgIpc) is 3.13. The number of hydrogen-bond acceptors (Lipinski definition) is 6. The van der Waals surface area contributed by atoms with Gasteiger partial charge in [0.2, 0.25) is 11.6 Å². The number of carbonyl (C=O) groups excluding carboxylic acids is 1. The third-order valence-corrected chi connectivity index (χ3v) is 14.8. The van der Waals surface area contributed by atoms with E-state index in [9.17, 15) is 35.3 Å². The third kappa shape index (κ3) is 7.15. The lowest BCUT2D eigenvalue weighted by molar-refractivity contribution is -0.175. The number of rotatable bonds is 9. The second-order valence-electron chi connectivity index (χ2n) is 17.8. The minimum Gasteiger partial charge on any atom is -0.744 e.